The molecule has 0 spiro atoms. The van der Waals surface area contributed by atoms with Gasteiger partial charge in [0.05, 0.1) is 10.5 Å². The first-order valence-electron chi connectivity index (χ1n) is 10.6. The average molecular weight is 408 g/mol. The van der Waals surface area contributed by atoms with E-state index in [1.807, 2.05) is 0 Å². The molecule has 1 unspecified atom stereocenters. The molecule has 0 aromatic heterocycles. The lowest BCUT2D eigenvalue weighted by molar-refractivity contribution is 0.0939. The number of nitrogens with zero attached hydrogens (tertiary/aromatic N) is 2. The van der Waals surface area contributed by atoms with Crippen molar-refractivity contribution in [3.63, 3.8) is 0 Å². The summed E-state index contributed by atoms with van der Waals surface area (Å²) >= 11 is 0. The van der Waals surface area contributed by atoms with Crippen molar-refractivity contribution in [2.45, 2.75) is 50.3 Å². The van der Waals surface area contributed by atoms with Gasteiger partial charge in [0.1, 0.15) is 0 Å². The van der Waals surface area contributed by atoms with E-state index < -0.39 is 10.0 Å². The number of likely N-dealkylation sites (tertiary alicyclic amines) is 1. The van der Waals surface area contributed by atoms with Crippen molar-refractivity contribution in [2.75, 3.05) is 39.3 Å². The maximum absolute atomic E-state index is 13.1. The molecule has 156 valence electrons. The highest BCUT2D eigenvalue weighted by molar-refractivity contribution is 7.89. The van der Waals surface area contributed by atoms with Gasteiger partial charge in [-0.05, 0) is 56.8 Å². The van der Waals surface area contributed by atoms with Crippen LogP contribution in [0.3, 0.4) is 0 Å². The summed E-state index contributed by atoms with van der Waals surface area (Å²) in [6.45, 7) is 6.98. The van der Waals surface area contributed by atoms with Gasteiger partial charge in [0, 0.05) is 26.2 Å². The lowest BCUT2D eigenvalue weighted by atomic mass is 10.1. The molecule has 2 heterocycles. The Balaban J connectivity index is 1.63. The molecule has 3 rings (SSSR count). The summed E-state index contributed by atoms with van der Waals surface area (Å²) in [5.74, 6) is 0.0228. The zero-order valence-corrected chi connectivity index (χ0v) is 17.7. The number of carbonyl (C=O) groups is 1. The average Bonchev–Trinajstić information content (AvgIpc) is 2.73. The lowest BCUT2D eigenvalue weighted by Gasteiger charge is -2.29. The van der Waals surface area contributed by atoms with Gasteiger partial charge in [-0.25, -0.2) is 8.42 Å². The fraction of sp³-hybridized carbons (Fsp3) is 0.667. The first-order valence-corrected chi connectivity index (χ1v) is 12.0. The van der Waals surface area contributed by atoms with Crippen LogP contribution in [0.15, 0.2) is 29.2 Å². The van der Waals surface area contributed by atoms with Gasteiger partial charge in [-0.15, -0.1) is 0 Å². The Labute approximate surface area is 169 Å². The van der Waals surface area contributed by atoms with E-state index in [1.54, 1.807) is 24.3 Å². The Hall–Kier alpha value is -1.44. The van der Waals surface area contributed by atoms with E-state index in [-0.39, 0.29) is 16.4 Å². The highest BCUT2D eigenvalue weighted by Crippen LogP contribution is 2.23. The van der Waals surface area contributed by atoms with Crippen molar-refractivity contribution >= 4 is 15.9 Å². The van der Waals surface area contributed by atoms with Crippen LogP contribution in [0, 0.1) is 5.92 Å². The van der Waals surface area contributed by atoms with Gasteiger partial charge in [-0.2, -0.15) is 4.31 Å². The second-order valence-corrected chi connectivity index (χ2v) is 10.0. The Morgan fingerprint density at radius 1 is 1.00 bits per heavy atom. The van der Waals surface area contributed by atoms with Crippen LogP contribution in [-0.2, 0) is 10.0 Å². The molecule has 2 saturated heterocycles. The van der Waals surface area contributed by atoms with E-state index >= 15 is 0 Å². The summed E-state index contributed by atoms with van der Waals surface area (Å²) < 4.78 is 27.6. The first-order chi connectivity index (χ1) is 13.5. The van der Waals surface area contributed by atoms with E-state index in [0.717, 1.165) is 38.9 Å². The number of rotatable bonds is 7. The summed E-state index contributed by atoms with van der Waals surface area (Å²) in [7, 11) is -3.63. The zero-order valence-electron chi connectivity index (χ0n) is 16.9. The fourth-order valence-corrected chi connectivity index (χ4v) is 5.84. The molecule has 2 aliphatic heterocycles. The third-order valence-corrected chi connectivity index (χ3v) is 7.65. The second-order valence-electron chi connectivity index (χ2n) is 8.14. The molecular weight excluding hydrogens is 374 g/mol. The molecule has 7 heteroatoms. The van der Waals surface area contributed by atoms with E-state index in [2.05, 4.69) is 17.1 Å². The maximum atomic E-state index is 13.1. The van der Waals surface area contributed by atoms with Crippen molar-refractivity contribution in [3.05, 3.63) is 29.8 Å². The Morgan fingerprint density at radius 3 is 2.29 bits per heavy atom. The minimum atomic E-state index is -3.63. The summed E-state index contributed by atoms with van der Waals surface area (Å²) in [5.41, 5.74) is 0.248. The molecule has 1 atom stereocenters. The number of nitrogens with one attached hydrogen (secondary N) is 1. The molecule has 28 heavy (non-hydrogen) atoms. The number of piperidine rings is 2. The molecular formula is C21H33N3O3S. The van der Waals surface area contributed by atoms with Gasteiger partial charge in [0.25, 0.3) is 5.91 Å². The van der Waals surface area contributed by atoms with Crippen molar-refractivity contribution in [3.8, 4) is 0 Å². The molecule has 1 aromatic carbocycles. The summed E-state index contributed by atoms with van der Waals surface area (Å²) in [6, 6.07) is 6.57. The molecule has 6 nitrogen and oxygen atoms in total. The highest BCUT2D eigenvalue weighted by atomic mass is 32.2. The topological polar surface area (TPSA) is 69.7 Å². The highest BCUT2D eigenvalue weighted by Gasteiger charge is 2.29. The van der Waals surface area contributed by atoms with Gasteiger partial charge >= 0.3 is 0 Å². The monoisotopic (exact) mass is 407 g/mol. The van der Waals surface area contributed by atoms with Crippen LogP contribution in [0.2, 0.25) is 0 Å². The molecule has 1 N–H and O–H groups in total. The number of benzene rings is 1. The van der Waals surface area contributed by atoms with E-state index in [1.165, 1.54) is 23.6 Å². The van der Waals surface area contributed by atoms with Crippen LogP contribution < -0.4 is 5.32 Å². The van der Waals surface area contributed by atoms with Gasteiger partial charge < -0.3 is 10.2 Å². The molecule has 0 aliphatic carbocycles. The molecule has 0 bridgehead atoms. The minimum Gasteiger partial charge on any atom is -0.352 e. The molecule has 1 amide bonds. The van der Waals surface area contributed by atoms with Gasteiger partial charge in [-0.3, -0.25) is 4.79 Å². The van der Waals surface area contributed by atoms with Gasteiger partial charge in [-0.1, -0.05) is 31.9 Å². The normalized spacial score (nSPS) is 20.6. The third-order valence-electron chi connectivity index (χ3n) is 5.69. The predicted octanol–water partition coefficient (Wildman–Crippen LogP) is 2.71. The SMILES string of the molecule is CC(CNC(=O)c1ccccc1S(=O)(=O)N1CCCCC1)CN1CCCCC1. The molecule has 0 saturated carbocycles. The molecule has 0 radical (unpaired) electrons. The van der Waals surface area contributed by atoms with Crippen LogP contribution >= 0.6 is 0 Å². The zero-order chi connectivity index (χ0) is 20.0. The number of sulfonamides is 1. The number of hydrogen-bond donors (Lipinski definition) is 1. The summed E-state index contributed by atoms with van der Waals surface area (Å²) in [4.78, 5) is 15.4. The number of hydrogen-bond acceptors (Lipinski definition) is 4. The van der Waals surface area contributed by atoms with Crippen LogP contribution in [0.1, 0.15) is 55.8 Å². The number of carbonyl (C=O) groups excluding carboxylic acids is 1. The summed E-state index contributed by atoms with van der Waals surface area (Å²) in [5, 5.41) is 2.96. The van der Waals surface area contributed by atoms with Crippen molar-refractivity contribution in [1.29, 1.82) is 0 Å². The van der Waals surface area contributed by atoms with Crippen LogP contribution in [-0.4, -0.2) is 62.8 Å². The second kappa shape index (κ2) is 9.85. The maximum Gasteiger partial charge on any atom is 0.252 e. The quantitative estimate of drug-likeness (QED) is 0.755. The standard InChI is InChI=1S/C21H33N3O3S/c1-18(17-23-12-6-2-7-13-23)16-22-21(25)19-10-4-5-11-20(19)28(26,27)24-14-8-3-9-15-24/h4-5,10-11,18H,2-3,6-9,12-17H2,1H3,(H,22,25). The van der Waals surface area contributed by atoms with Crippen molar-refractivity contribution in [2.24, 2.45) is 5.92 Å². The summed E-state index contributed by atoms with van der Waals surface area (Å²) in [6.07, 6.45) is 6.62. The van der Waals surface area contributed by atoms with Gasteiger partial charge in [0.2, 0.25) is 10.0 Å². The van der Waals surface area contributed by atoms with E-state index in [0.29, 0.717) is 25.6 Å². The Bertz CT molecular complexity index is 754. The molecule has 1 aromatic rings. The van der Waals surface area contributed by atoms with Crippen LogP contribution in [0.4, 0.5) is 0 Å². The Kier molecular flexibility index (Phi) is 7.48. The largest absolute Gasteiger partial charge is 0.352 e. The van der Waals surface area contributed by atoms with Crippen molar-refractivity contribution < 1.29 is 13.2 Å². The minimum absolute atomic E-state index is 0.123. The first kappa shape index (κ1) is 21.3. The third kappa shape index (κ3) is 5.33. The Morgan fingerprint density at radius 2 is 1.61 bits per heavy atom. The number of amides is 1. The smallest absolute Gasteiger partial charge is 0.252 e. The van der Waals surface area contributed by atoms with E-state index in [9.17, 15) is 13.2 Å². The molecule has 2 aliphatic rings. The van der Waals surface area contributed by atoms with Crippen molar-refractivity contribution in [1.82, 2.24) is 14.5 Å². The van der Waals surface area contributed by atoms with Crippen LogP contribution in [0.5, 0.6) is 0 Å². The molecule has 2 fully saturated rings. The van der Waals surface area contributed by atoms with E-state index in [4.69, 9.17) is 0 Å². The van der Waals surface area contributed by atoms with Crippen LogP contribution in [0.25, 0.3) is 0 Å². The van der Waals surface area contributed by atoms with Gasteiger partial charge in [0.15, 0.2) is 0 Å². The lowest BCUT2D eigenvalue weighted by Crippen LogP contribution is -2.39. The fourth-order valence-electron chi connectivity index (χ4n) is 4.13. The predicted molar refractivity (Wildman–Crippen MR) is 111 cm³/mol.